The van der Waals surface area contributed by atoms with E-state index < -0.39 is 0 Å². The lowest BCUT2D eigenvalue weighted by Gasteiger charge is -2.24. The molecule has 1 unspecified atom stereocenters. The van der Waals surface area contributed by atoms with E-state index in [4.69, 9.17) is 11.1 Å². The fourth-order valence-electron chi connectivity index (χ4n) is 1.61. The summed E-state index contributed by atoms with van der Waals surface area (Å²) >= 11 is 0. The zero-order chi connectivity index (χ0) is 12.1. The monoisotopic (exact) mass is 220 g/mol. The van der Waals surface area contributed by atoms with Gasteiger partial charge in [0.05, 0.1) is 11.9 Å². The number of nitrogens with two attached hydrogens (primary N) is 1. The predicted molar refractivity (Wildman–Crippen MR) is 68.0 cm³/mol. The van der Waals surface area contributed by atoms with Crippen molar-refractivity contribution < 1.29 is 0 Å². The van der Waals surface area contributed by atoms with Crippen LogP contribution in [0.4, 0.5) is 5.69 Å². The molecule has 4 heteroatoms. The van der Waals surface area contributed by atoms with Crippen molar-refractivity contribution in [3.63, 3.8) is 0 Å². The lowest BCUT2D eigenvalue weighted by molar-refractivity contribution is 0.559. The molecule has 0 aliphatic carbocycles. The zero-order valence-electron chi connectivity index (χ0n) is 10.2. The SMILES string of the molecule is CCC(C)CN(C)c1cnccc1C(=N)N. The first kappa shape index (κ1) is 12.5. The Morgan fingerprint density at radius 3 is 2.88 bits per heavy atom. The van der Waals surface area contributed by atoms with E-state index in [9.17, 15) is 0 Å². The van der Waals surface area contributed by atoms with Gasteiger partial charge in [-0.1, -0.05) is 20.3 Å². The highest BCUT2D eigenvalue weighted by molar-refractivity contribution is 6.00. The van der Waals surface area contributed by atoms with Crippen molar-refractivity contribution in [3.8, 4) is 0 Å². The van der Waals surface area contributed by atoms with E-state index in [0.717, 1.165) is 24.2 Å². The van der Waals surface area contributed by atoms with E-state index in [0.29, 0.717) is 5.92 Å². The van der Waals surface area contributed by atoms with Gasteiger partial charge in [-0.25, -0.2) is 0 Å². The highest BCUT2D eigenvalue weighted by Gasteiger charge is 2.11. The molecule has 4 nitrogen and oxygen atoms in total. The fourth-order valence-corrected chi connectivity index (χ4v) is 1.61. The highest BCUT2D eigenvalue weighted by Crippen LogP contribution is 2.18. The largest absolute Gasteiger partial charge is 0.384 e. The van der Waals surface area contributed by atoms with Gasteiger partial charge in [0.1, 0.15) is 5.84 Å². The minimum Gasteiger partial charge on any atom is -0.384 e. The van der Waals surface area contributed by atoms with Gasteiger partial charge in [-0.3, -0.25) is 10.4 Å². The smallest absolute Gasteiger partial charge is 0.125 e. The highest BCUT2D eigenvalue weighted by atomic mass is 15.1. The number of amidine groups is 1. The number of hydrogen-bond acceptors (Lipinski definition) is 3. The molecule has 0 saturated heterocycles. The lowest BCUT2D eigenvalue weighted by Crippen LogP contribution is -2.26. The molecule has 1 heterocycles. The second-order valence-corrected chi connectivity index (χ2v) is 4.20. The number of aromatic nitrogens is 1. The van der Waals surface area contributed by atoms with E-state index >= 15 is 0 Å². The van der Waals surface area contributed by atoms with Crippen LogP contribution in [0.3, 0.4) is 0 Å². The van der Waals surface area contributed by atoms with E-state index in [-0.39, 0.29) is 5.84 Å². The Morgan fingerprint density at radius 2 is 2.31 bits per heavy atom. The average Bonchev–Trinajstić information content (AvgIpc) is 2.28. The molecule has 0 aliphatic heterocycles. The minimum absolute atomic E-state index is 0.0911. The molecular weight excluding hydrogens is 200 g/mol. The van der Waals surface area contributed by atoms with Crippen molar-refractivity contribution in [2.24, 2.45) is 11.7 Å². The molecule has 0 aliphatic rings. The Balaban J connectivity index is 2.90. The van der Waals surface area contributed by atoms with Crippen LogP contribution < -0.4 is 10.6 Å². The van der Waals surface area contributed by atoms with Crippen LogP contribution in [0.15, 0.2) is 18.5 Å². The number of rotatable bonds is 5. The van der Waals surface area contributed by atoms with Gasteiger partial charge in [0.15, 0.2) is 0 Å². The van der Waals surface area contributed by atoms with Crippen LogP contribution in [0.1, 0.15) is 25.8 Å². The van der Waals surface area contributed by atoms with Crippen molar-refractivity contribution >= 4 is 11.5 Å². The van der Waals surface area contributed by atoms with Gasteiger partial charge in [-0.2, -0.15) is 0 Å². The predicted octanol–water partition coefficient (Wildman–Crippen LogP) is 1.85. The quantitative estimate of drug-likeness (QED) is 0.588. The van der Waals surface area contributed by atoms with Crippen molar-refractivity contribution in [2.75, 3.05) is 18.5 Å². The Labute approximate surface area is 97.0 Å². The van der Waals surface area contributed by atoms with Crippen LogP contribution in [0, 0.1) is 11.3 Å². The van der Waals surface area contributed by atoms with Crippen LogP contribution in [0.5, 0.6) is 0 Å². The van der Waals surface area contributed by atoms with Gasteiger partial charge in [0, 0.05) is 25.4 Å². The van der Waals surface area contributed by atoms with E-state index in [1.165, 1.54) is 0 Å². The third-order valence-corrected chi connectivity index (χ3v) is 2.78. The summed E-state index contributed by atoms with van der Waals surface area (Å²) in [5.74, 6) is 0.707. The van der Waals surface area contributed by atoms with Crippen LogP contribution in [0.2, 0.25) is 0 Å². The third kappa shape index (κ3) is 2.95. The van der Waals surface area contributed by atoms with Crippen LogP contribution in [-0.2, 0) is 0 Å². The summed E-state index contributed by atoms with van der Waals surface area (Å²) in [6.45, 7) is 5.33. The second-order valence-electron chi connectivity index (χ2n) is 4.20. The molecule has 1 rings (SSSR count). The summed E-state index contributed by atoms with van der Waals surface area (Å²) in [6.07, 6.45) is 4.57. The number of pyridine rings is 1. The molecule has 88 valence electrons. The first-order valence-corrected chi connectivity index (χ1v) is 5.55. The first-order valence-electron chi connectivity index (χ1n) is 5.55. The minimum atomic E-state index is 0.0911. The van der Waals surface area contributed by atoms with Gasteiger partial charge < -0.3 is 10.6 Å². The Kier molecular flexibility index (Phi) is 4.28. The summed E-state index contributed by atoms with van der Waals surface area (Å²) in [5, 5.41) is 7.52. The molecule has 0 spiro atoms. The van der Waals surface area contributed by atoms with Gasteiger partial charge in [-0.05, 0) is 12.0 Å². The van der Waals surface area contributed by atoms with Gasteiger partial charge in [0.2, 0.25) is 0 Å². The molecule has 0 amide bonds. The summed E-state index contributed by atoms with van der Waals surface area (Å²) in [5.41, 5.74) is 7.22. The van der Waals surface area contributed by atoms with Crippen molar-refractivity contribution in [2.45, 2.75) is 20.3 Å². The van der Waals surface area contributed by atoms with E-state index in [1.807, 2.05) is 7.05 Å². The van der Waals surface area contributed by atoms with Gasteiger partial charge in [-0.15, -0.1) is 0 Å². The summed E-state index contributed by atoms with van der Waals surface area (Å²) in [4.78, 5) is 6.20. The molecular formula is C12H20N4. The number of nitrogens with zero attached hydrogens (tertiary/aromatic N) is 2. The summed E-state index contributed by atoms with van der Waals surface area (Å²) < 4.78 is 0. The average molecular weight is 220 g/mol. The van der Waals surface area contributed by atoms with Crippen molar-refractivity contribution in [1.82, 2.24) is 4.98 Å². The maximum Gasteiger partial charge on any atom is 0.125 e. The van der Waals surface area contributed by atoms with Crippen LogP contribution in [-0.4, -0.2) is 24.4 Å². The fraction of sp³-hybridized carbons (Fsp3) is 0.500. The number of nitrogen functional groups attached to an aromatic ring is 1. The Morgan fingerprint density at radius 1 is 1.62 bits per heavy atom. The van der Waals surface area contributed by atoms with Crippen molar-refractivity contribution in [3.05, 3.63) is 24.0 Å². The number of hydrogen-bond donors (Lipinski definition) is 2. The van der Waals surface area contributed by atoms with E-state index in [2.05, 4.69) is 23.7 Å². The number of nitrogens with one attached hydrogen (secondary N) is 1. The second kappa shape index (κ2) is 5.49. The molecule has 0 bridgehead atoms. The standard InChI is InChI=1S/C12H20N4/c1-4-9(2)8-16(3)11-7-15-6-5-10(11)12(13)14/h5-7,9H,4,8H2,1-3H3,(H3,13,14). The zero-order valence-corrected chi connectivity index (χ0v) is 10.2. The van der Waals surface area contributed by atoms with Crippen LogP contribution in [0.25, 0.3) is 0 Å². The molecule has 1 aromatic heterocycles. The Bertz CT molecular complexity index is 362. The molecule has 3 N–H and O–H groups in total. The molecule has 0 aromatic carbocycles. The molecule has 1 atom stereocenters. The van der Waals surface area contributed by atoms with Gasteiger partial charge in [0.25, 0.3) is 0 Å². The first-order chi connectivity index (χ1) is 7.56. The van der Waals surface area contributed by atoms with Crippen molar-refractivity contribution in [1.29, 1.82) is 5.41 Å². The van der Waals surface area contributed by atoms with Gasteiger partial charge >= 0.3 is 0 Å². The molecule has 16 heavy (non-hydrogen) atoms. The lowest BCUT2D eigenvalue weighted by atomic mass is 10.1. The van der Waals surface area contributed by atoms with Crippen LogP contribution >= 0.6 is 0 Å². The third-order valence-electron chi connectivity index (χ3n) is 2.78. The molecule has 0 saturated carbocycles. The Hall–Kier alpha value is -1.58. The molecule has 0 radical (unpaired) electrons. The molecule has 0 fully saturated rings. The maximum absolute atomic E-state index is 7.52. The summed E-state index contributed by atoms with van der Waals surface area (Å²) in [7, 11) is 2.01. The normalized spacial score (nSPS) is 12.2. The summed E-state index contributed by atoms with van der Waals surface area (Å²) in [6, 6.07) is 1.78. The number of anilines is 1. The topological polar surface area (TPSA) is 66.0 Å². The van der Waals surface area contributed by atoms with E-state index in [1.54, 1.807) is 18.5 Å². The maximum atomic E-state index is 7.52. The molecule has 1 aromatic rings.